The third-order valence-electron chi connectivity index (χ3n) is 2.91. The number of aryl methyl sites for hydroxylation is 1. The molecule has 118 valence electrons. The molecule has 1 fully saturated rings. The number of hydrogen-bond donors (Lipinski definition) is 2. The van der Waals surface area contributed by atoms with Crippen molar-refractivity contribution in [1.29, 1.82) is 0 Å². The monoisotopic (exact) mass is 357 g/mol. The van der Waals surface area contributed by atoms with E-state index in [9.17, 15) is 14.2 Å². The molecule has 0 aliphatic carbocycles. The Hall–Kier alpha value is -0.630. The Labute approximate surface area is 129 Å². The first-order chi connectivity index (χ1) is 9.76. The zero-order valence-corrected chi connectivity index (χ0v) is 13.5. The van der Waals surface area contributed by atoms with Crippen LogP contribution in [-0.2, 0) is 13.8 Å². The highest BCUT2D eigenvalue weighted by Crippen LogP contribution is 2.57. The first-order valence-corrected chi connectivity index (χ1v) is 9.52. The predicted molar refractivity (Wildman–Crippen MR) is 78.1 cm³/mol. The van der Waals surface area contributed by atoms with Gasteiger partial charge >= 0.3 is 11.8 Å². The van der Waals surface area contributed by atoms with Gasteiger partial charge in [0.1, 0.15) is 0 Å². The molecular formula is C10H14Cl2N3O5P. The van der Waals surface area contributed by atoms with E-state index in [1.54, 1.807) is 6.92 Å². The summed E-state index contributed by atoms with van der Waals surface area (Å²) in [5.74, 6) is 0. The predicted octanol–water partition coefficient (Wildman–Crippen LogP) is 0.934. The van der Waals surface area contributed by atoms with Crippen molar-refractivity contribution >= 4 is 28.6 Å². The van der Waals surface area contributed by atoms with E-state index in [2.05, 4.69) is 10.3 Å². The molecule has 2 atom stereocenters. The number of aromatic nitrogens is 2. The maximum absolute atomic E-state index is 11.8. The summed E-state index contributed by atoms with van der Waals surface area (Å²) in [6.45, 7) is 2.32. The number of hydrogen-bond acceptors (Lipinski definition) is 6. The van der Waals surface area contributed by atoms with Gasteiger partial charge in [0.2, 0.25) is 0 Å². The Kier molecular flexibility index (Phi) is 5.29. The highest BCUT2D eigenvalue weighted by molar-refractivity contribution is 8.05. The van der Waals surface area contributed by atoms with Crippen LogP contribution in [0.3, 0.4) is 0 Å². The Morgan fingerprint density at radius 3 is 2.86 bits per heavy atom. The summed E-state index contributed by atoms with van der Waals surface area (Å²) in [4.78, 5) is 25.3. The first-order valence-electron chi connectivity index (χ1n) is 6.08. The van der Waals surface area contributed by atoms with E-state index in [-0.39, 0.29) is 6.61 Å². The van der Waals surface area contributed by atoms with Gasteiger partial charge in [-0.15, -0.1) is 0 Å². The van der Waals surface area contributed by atoms with Crippen LogP contribution in [-0.4, -0.2) is 35.4 Å². The van der Waals surface area contributed by atoms with Gasteiger partial charge in [0, 0.05) is 24.8 Å². The molecule has 0 aromatic carbocycles. The standard InChI is InChI=1S/C10H14Cl2N3O5P/c1-6-4-15(10(17)14-9(6)16)8-3-13-2-7(20-8)5-19-21(11,12)18/h4,7-8,13H,2-3,5H2,1H3,(H,14,16,17). The zero-order chi connectivity index (χ0) is 15.6. The third kappa shape index (κ3) is 4.67. The maximum Gasteiger partial charge on any atom is 0.380 e. The van der Waals surface area contributed by atoms with Gasteiger partial charge in [-0.3, -0.25) is 18.9 Å². The molecule has 0 amide bonds. The normalized spacial score (nSPS) is 23.2. The smallest absolute Gasteiger partial charge is 0.350 e. The molecule has 8 nitrogen and oxygen atoms in total. The van der Waals surface area contributed by atoms with Crippen molar-refractivity contribution in [1.82, 2.24) is 14.9 Å². The van der Waals surface area contributed by atoms with Gasteiger partial charge in [0.25, 0.3) is 5.56 Å². The Bertz CT molecular complexity index is 669. The van der Waals surface area contributed by atoms with Crippen molar-refractivity contribution in [2.75, 3.05) is 19.7 Å². The fourth-order valence-electron chi connectivity index (χ4n) is 1.92. The van der Waals surface area contributed by atoms with Gasteiger partial charge in [0.15, 0.2) is 6.23 Å². The minimum atomic E-state index is -3.63. The fraction of sp³-hybridized carbons (Fsp3) is 0.600. The second kappa shape index (κ2) is 6.64. The topological polar surface area (TPSA) is 102 Å². The molecule has 1 aliphatic rings. The van der Waals surface area contributed by atoms with Crippen molar-refractivity contribution in [3.8, 4) is 0 Å². The minimum absolute atomic E-state index is 0.0785. The number of nitrogens with zero attached hydrogens (tertiary/aromatic N) is 1. The fourth-order valence-corrected chi connectivity index (χ4v) is 2.60. The largest absolute Gasteiger partial charge is 0.380 e. The summed E-state index contributed by atoms with van der Waals surface area (Å²) in [5.41, 5.74) is -0.618. The summed E-state index contributed by atoms with van der Waals surface area (Å²) in [6.07, 6.45) is -3.31. The van der Waals surface area contributed by atoms with E-state index in [0.717, 1.165) is 0 Å². The van der Waals surface area contributed by atoms with Crippen molar-refractivity contribution in [3.05, 3.63) is 32.6 Å². The van der Waals surface area contributed by atoms with Gasteiger partial charge in [0.05, 0.1) is 12.7 Å². The molecule has 0 saturated carbocycles. The molecule has 0 spiro atoms. The molecule has 1 saturated heterocycles. The van der Waals surface area contributed by atoms with Crippen LogP contribution in [0.15, 0.2) is 15.8 Å². The van der Waals surface area contributed by atoms with Gasteiger partial charge in [-0.2, -0.15) is 0 Å². The van der Waals surface area contributed by atoms with E-state index in [0.29, 0.717) is 18.7 Å². The number of halogens is 2. The van der Waals surface area contributed by atoms with Crippen molar-refractivity contribution < 1.29 is 13.8 Å². The minimum Gasteiger partial charge on any atom is -0.350 e. The van der Waals surface area contributed by atoms with E-state index in [4.69, 9.17) is 31.7 Å². The van der Waals surface area contributed by atoms with Crippen LogP contribution in [0, 0.1) is 6.92 Å². The van der Waals surface area contributed by atoms with Crippen LogP contribution >= 0.6 is 28.6 Å². The second-order valence-corrected chi connectivity index (χ2v) is 8.84. The maximum atomic E-state index is 11.8. The molecule has 21 heavy (non-hydrogen) atoms. The highest BCUT2D eigenvalue weighted by Gasteiger charge is 2.27. The summed E-state index contributed by atoms with van der Waals surface area (Å²) >= 11 is 10.6. The second-order valence-electron chi connectivity index (χ2n) is 4.56. The average molecular weight is 358 g/mol. The number of aromatic amines is 1. The molecule has 2 N–H and O–H groups in total. The number of nitrogens with one attached hydrogen (secondary N) is 2. The SMILES string of the molecule is Cc1cn(C2CNCC(COP(=O)(Cl)Cl)O2)c(=O)[nH]c1=O. The van der Waals surface area contributed by atoms with Crippen LogP contribution in [0.5, 0.6) is 0 Å². The lowest BCUT2D eigenvalue weighted by Gasteiger charge is -2.31. The van der Waals surface area contributed by atoms with Gasteiger partial charge in [-0.25, -0.2) is 4.79 Å². The third-order valence-corrected chi connectivity index (χ3v) is 3.94. The number of morpholine rings is 1. The summed E-state index contributed by atoms with van der Waals surface area (Å²) in [7, 11) is 0. The molecule has 11 heteroatoms. The summed E-state index contributed by atoms with van der Waals surface area (Å²) in [5, 5.41) is 3.05. The molecular weight excluding hydrogens is 344 g/mol. The summed E-state index contributed by atoms with van der Waals surface area (Å²) < 4.78 is 22.8. The lowest BCUT2D eigenvalue weighted by atomic mass is 10.3. The summed E-state index contributed by atoms with van der Waals surface area (Å²) in [6, 6.07) is 0. The lowest BCUT2D eigenvalue weighted by molar-refractivity contribution is -0.0924. The number of rotatable bonds is 4. The molecule has 1 aromatic heterocycles. The van der Waals surface area contributed by atoms with Crippen molar-refractivity contribution in [2.24, 2.45) is 0 Å². The molecule has 1 aromatic rings. The number of H-pyrrole nitrogens is 1. The lowest BCUT2D eigenvalue weighted by Crippen LogP contribution is -2.47. The van der Waals surface area contributed by atoms with Gasteiger partial charge < -0.3 is 14.6 Å². The van der Waals surface area contributed by atoms with Crippen LogP contribution in [0.2, 0.25) is 0 Å². The van der Waals surface area contributed by atoms with E-state index in [1.807, 2.05) is 0 Å². The molecule has 1 aliphatic heterocycles. The Morgan fingerprint density at radius 2 is 2.19 bits per heavy atom. The molecule has 2 unspecified atom stereocenters. The molecule has 2 rings (SSSR count). The Morgan fingerprint density at radius 1 is 1.48 bits per heavy atom. The average Bonchev–Trinajstić information content (AvgIpc) is 2.40. The molecule has 0 bridgehead atoms. The van der Waals surface area contributed by atoms with E-state index < -0.39 is 29.7 Å². The quantitative estimate of drug-likeness (QED) is 0.777. The number of ether oxygens (including phenoxy) is 1. The zero-order valence-electron chi connectivity index (χ0n) is 11.0. The van der Waals surface area contributed by atoms with Crippen LogP contribution in [0.1, 0.15) is 11.8 Å². The van der Waals surface area contributed by atoms with Crippen LogP contribution < -0.4 is 16.6 Å². The molecule has 0 radical (unpaired) electrons. The highest BCUT2D eigenvalue weighted by atomic mass is 35.9. The van der Waals surface area contributed by atoms with Crippen LogP contribution in [0.25, 0.3) is 0 Å². The Balaban J connectivity index is 2.11. The molecule has 2 heterocycles. The first kappa shape index (κ1) is 16.7. The van der Waals surface area contributed by atoms with Gasteiger partial charge in [-0.1, -0.05) is 0 Å². The van der Waals surface area contributed by atoms with Crippen molar-refractivity contribution in [2.45, 2.75) is 19.3 Å². The van der Waals surface area contributed by atoms with E-state index >= 15 is 0 Å². The van der Waals surface area contributed by atoms with Crippen molar-refractivity contribution in [3.63, 3.8) is 0 Å². The van der Waals surface area contributed by atoms with Gasteiger partial charge in [-0.05, 0) is 29.4 Å². The van der Waals surface area contributed by atoms with E-state index in [1.165, 1.54) is 10.8 Å². The van der Waals surface area contributed by atoms with Crippen LogP contribution in [0.4, 0.5) is 0 Å².